The van der Waals surface area contributed by atoms with E-state index >= 15 is 0 Å². The highest BCUT2D eigenvalue weighted by molar-refractivity contribution is 7.99. The third-order valence-electron chi connectivity index (χ3n) is 3.85. The van der Waals surface area contributed by atoms with Crippen molar-refractivity contribution in [3.63, 3.8) is 0 Å². The monoisotopic (exact) mass is 278 g/mol. The summed E-state index contributed by atoms with van der Waals surface area (Å²) in [7, 11) is 0. The van der Waals surface area contributed by atoms with Crippen molar-refractivity contribution < 1.29 is 0 Å². The Morgan fingerprint density at radius 1 is 1.32 bits per heavy atom. The molecule has 0 bridgehead atoms. The van der Waals surface area contributed by atoms with Crippen molar-refractivity contribution in [2.75, 3.05) is 36.5 Å². The Hall–Kier alpha value is -0.670. The van der Waals surface area contributed by atoms with Gasteiger partial charge < -0.3 is 5.32 Å². The van der Waals surface area contributed by atoms with Gasteiger partial charge in [-0.05, 0) is 54.6 Å². The Morgan fingerprint density at radius 3 is 2.84 bits per heavy atom. The normalized spacial score (nSPS) is 19.0. The number of benzene rings is 1. The molecule has 2 rings (SSSR count). The molecular weight excluding hydrogens is 252 g/mol. The zero-order chi connectivity index (χ0) is 13.5. The van der Waals surface area contributed by atoms with E-state index in [1.807, 2.05) is 0 Å². The molecule has 0 saturated carbocycles. The minimum Gasteiger partial charge on any atom is -0.385 e. The number of hydrogen-bond donors (Lipinski definition) is 1. The van der Waals surface area contributed by atoms with Gasteiger partial charge in [-0.25, -0.2) is 0 Å². The van der Waals surface area contributed by atoms with Gasteiger partial charge in [-0.15, -0.1) is 0 Å². The molecule has 1 aromatic carbocycles. The first-order valence-electron chi connectivity index (χ1n) is 7.44. The van der Waals surface area contributed by atoms with E-state index in [1.54, 1.807) is 0 Å². The molecule has 0 spiro atoms. The van der Waals surface area contributed by atoms with E-state index in [9.17, 15) is 0 Å². The van der Waals surface area contributed by atoms with E-state index in [2.05, 4.69) is 60.1 Å². The lowest BCUT2D eigenvalue weighted by Crippen LogP contribution is -2.22. The molecule has 1 aliphatic rings. The molecule has 1 fully saturated rings. The molecule has 0 aromatic heterocycles. The van der Waals surface area contributed by atoms with Crippen LogP contribution in [0.15, 0.2) is 24.3 Å². The third-order valence-corrected chi connectivity index (χ3v) is 5.08. The first kappa shape index (κ1) is 14.7. The van der Waals surface area contributed by atoms with Gasteiger partial charge in [0.25, 0.3) is 0 Å². The molecule has 19 heavy (non-hydrogen) atoms. The van der Waals surface area contributed by atoms with Crippen LogP contribution >= 0.6 is 11.8 Å². The van der Waals surface area contributed by atoms with Crippen LogP contribution in [0.25, 0.3) is 0 Å². The molecule has 106 valence electrons. The first-order chi connectivity index (χ1) is 9.31. The number of nitrogens with one attached hydrogen (secondary N) is 1. The lowest BCUT2D eigenvalue weighted by atomic mass is 10.1. The van der Waals surface area contributed by atoms with Crippen molar-refractivity contribution >= 4 is 17.4 Å². The van der Waals surface area contributed by atoms with E-state index in [0.717, 1.165) is 32.1 Å². The smallest absolute Gasteiger partial charge is 0.0343 e. The summed E-state index contributed by atoms with van der Waals surface area (Å²) in [5.74, 6) is 3.52. The molecule has 1 N–H and O–H groups in total. The molecule has 1 saturated heterocycles. The Morgan fingerprint density at radius 2 is 2.16 bits per heavy atom. The van der Waals surface area contributed by atoms with Crippen LogP contribution in [0, 0.1) is 5.92 Å². The molecule has 1 atom stereocenters. The molecule has 1 aromatic rings. The van der Waals surface area contributed by atoms with Crippen LogP contribution in [0.2, 0.25) is 0 Å². The number of anilines is 1. The second-order valence-corrected chi connectivity index (χ2v) is 6.42. The summed E-state index contributed by atoms with van der Waals surface area (Å²) in [4.78, 5) is 2.45. The van der Waals surface area contributed by atoms with Crippen LogP contribution in [0.3, 0.4) is 0 Å². The lowest BCUT2D eigenvalue weighted by Gasteiger charge is -2.19. The molecule has 0 aliphatic carbocycles. The standard InChI is InChI=1S/C16H26N2S/c1-3-18(4-2)12-14-6-5-7-16(10-14)17-11-15-8-9-19-13-15/h5-7,10,15,17H,3-4,8-9,11-13H2,1-2H3. The average Bonchev–Trinajstić information content (AvgIpc) is 2.96. The van der Waals surface area contributed by atoms with Gasteiger partial charge in [0.1, 0.15) is 0 Å². The molecule has 1 heterocycles. The quantitative estimate of drug-likeness (QED) is 0.819. The van der Waals surface area contributed by atoms with Crippen molar-refractivity contribution in [1.29, 1.82) is 0 Å². The van der Waals surface area contributed by atoms with Crippen LogP contribution in [0.4, 0.5) is 5.69 Å². The van der Waals surface area contributed by atoms with Gasteiger partial charge in [0, 0.05) is 18.8 Å². The summed E-state index contributed by atoms with van der Waals surface area (Å²) < 4.78 is 0. The predicted octanol–water partition coefficient (Wildman–Crippen LogP) is 3.69. The Balaban J connectivity index is 1.86. The summed E-state index contributed by atoms with van der Waals surface area (Å²) in [6.07, 6.45) is 1.37. The second-order valence-electron chi connectivity index (χ2n) is 5.27. The van der Waals surface area contributed by atoms with Crippen molar-refractivity contribution in [3.05, 3.63) is 29.8 Å². The lowest BCUT2D eigenvalue weighted by molar-refractivity contribution is 0.296. The van der Waals surface area contributed by atoms with Gasteiger partial charge in [0.2, 0.25) is 0 Å². The van der Waals surface area contributed by atoms with Crippen LogP contribution in [-0.2, 0) is 6.54 Å². The molecular formula is C16H26N2S. The minimum absolute atomic E-state index is 0.858. The summed E-state index contributed by atoms with van der Waals surface area (Å²) in [5, 5.41) is 3.60. The number of thioether (sulfide) groups is 1. The van der Waals surface area contributed by atoms with Crippen LogP contribution in [-0.4, -0.2) is 36.0 Å². The van der Waals surface area contributed by atoms with Gasteiger partial charge >= 0.3 is 0 Å². The zero-order valence-corrected chi connectivity index (χ0v) is 13.0. The maximum Gasteiger partial charge on any atom is 0.0343 e. The molecule has 0 amide bonds. The number of rotatable bonds is 7. The van der Waals surface area contributed by atoms with Crippen molar-refractivity contribution in [2.45, 2.75) is 26.8 Å². The summed E-state index contributed by atoms with van der Waals surface area (Å²) in [6.45, 7) is 8.87. The zero-order valence-electron chi connectivity index (χ0n) is 12.2. The molecule has 1 aliphatic heterocycles. The molecule has 3 heteroatoms. The highest BCUT2D eigenvalue weighted by Crippen LogP contribution is 2.24. The van der Waals surface area contributed by atoms with Crippen LogP contribution in [0.1, 0.15) is 25.8 Å². The predicted molar refractivity (Wildman–Crippen MR) is 87.0 cm³/mol. The van der Waals surface area contributed by atoms with Gasteiger partial charge in [0.05, 0.1) is 0 Å². The minimum atomic E-state index is 0.858. The van der Waals surface area contributed by atoms with E-state index in [0.29, 0.717) is 0 Å². The highest BCUT2D eigenvalue weighted by Gasteiger charge is 2.14. The fourth-order valence-electron chi connectivity index (χ4n) is 2.49. The highest BCUT2D eigenvalue weighted by atomic mass is 32.2. The maximum absolute atomic E-state index is 3.60. The van der Waals surface area contributed by atoms with Crippen molar-refractivity contribution in [2.24, 2.45) is 5.92 Å². The topological polar surface area (TPSA) is 15.3 Å². The fraction of sp³-hybridized carbons (Fsp3) is 0.625. The SMILES string of the molecule is CCN(CC)Cc1cccc(NCC2CCSC2)c1. The summed E-state index contributed by atoms with van der Waals surface area (Å²) >= 11 is 2.09. The largest absolute Gasteiger partial charge is 0.385 e. The second kappa shape index (κ2) is 7.81. The van der Waals surface area contributed by atoms with E-state index in [-0.39, 0.29) is 0 Å². The third kappa shape index (κ3) is 4.73. The van der Waals surface area contributed by atoms with Crippen molar-refractivity contribution in [3.8, 4) is 0 Å². The van der Waals surface area contributed by atoms with Gasteiger partial charge in [0.15, 0.2) is 0 Å². The first-order valence-corrected chi connectivity index (χ1v) is 8.60. The fourth-order valence-corrected chi connectivity index (χ4v) is 3.78. The van der Waals surface area contributed by atoms with Crippen LogP contribution < -0.4 is 5.32 Å². The van der Waals surface area contributed by atoms with Gasteiger partial charge in [-0.1, -0.05) is 26.0 Å². The summed E-state index contributed by atoms with van der Waals surface area (Å²) in [6, 6.07) is 8.90. The van der Waals surface area contributed by atoms with Crippen molar-refractivity contribution in [1.82, 2.24) is 4.90 Å². The molecule has 0 radical (unpaired) electrons. The van der Waals surface area contributed by atoms with Gasteiger partial charge in [-0.3, -0.25) is 4.90 Å². The molecule has 2 nitrogen and oxygen atoms in total. The molecule has 1 unspecified atom stereocenters. The Bertz CT molecular complexity index is 371. The average molecular weight is 278 g/mol. The van der Waals surface area contributed by atoms with E-state index < -0.39 is 0 Å². The number of nitrogens with zero attached hydrogens (tertiary/aromatic N) is 1. The van der Waals surface area contributed by atoms with E-state index in [1.165, 1.54) is 29.2 Å². The summed E-state index contributed by atoms with van der Waals surface area (Å²) in [5.41, 5.74) is 2.69. The van der Waals surface area contributed by atoms with Crippen LogP contribution in [0.5, 0.6) is 0 Å². The maximum atomic E-state index is 3.60. The van der Waals surface area contributed by atoms with Gasteiger partial charge in [-0.2, -0.15) is 11.8 Å². The van der Waals surface area contributed by atoms with E-state index in [4.69, 9.17) is 0 Å². The Kier molecular flexibility index (Phi) is 6.05. The Labute approximate surface area is 122 Å². The number of hydrogen-bond acceptors (Lipinski definition) is 3.